The van der Waals surface area contributed by atoms with Crippen molar-refractivity contribution in [2.75, 3.05) is 0 Å². The van der Waals surface area contributed by atoms with Crippen molar-refractivity contribution >= 4 is 403 Å². The van der Waals surface area contributed by atoms with E-state index < -0.39 is 0 Å². The maximum atomic E-state index is 7.15. The van der Waals surface area contributed by atoms with Crippen LogP contribution in [-0.2, 0) is 0 Å². The van der Waals surface area contributed by atoms with Crippen LogP contribution in [-0.4, -0.2) is 212 Å². The third kappa shape index (κ3) is 6.93. The van der Waals surface area contributed by atoms with Gasteiger partial charge in [-0.2, -0.15) is 0 Å². The van der Waals surface area contributed by atoms with E-state index in [4.69, 9.17) is 216 Å². The zero-order chi connectivity index (χ0) is 53.2. The van der Waals surface area contributed by atoms with Crippen LogP contribution >= 0.6 is 0 Å². The predicted octanol–water partition coefficient (Wildman–Crippen LogP) is -20.0. The van der Waals surface area contributed by atoms with E-state index in [1.807, 2.05) is 0 Å². The number of fused-ring (bicyclic) bond motifs is 5. The molecule has 1 nitrogen and oxygen atoms in total. The zero-order valence-electron chi connectivity index (χ0n) is 38.1. The van der Waals surface area contributed by atoms with Crippen LogP contribution in [0.5, 0.6) is 0 Å². The number of rotatable bonds is 4. The van der Waals surface area contributed by atoms with Crippen LogP contribution in [0, 0.1) is 0 Å². The highest BCUT2D eigenvalue weighted by Crippen LogP contribution is 2.44. The van der Waals surface area contributed by atoms with Crippen molar-refractivity contribution in [3.63, 3.8) is 0 Å². The van der Waals surface area contributed by atoms with E-state index >= 15 is 0 Å². The molecular weight excluding hydrogens is 836 g/mol. The van der Waals surface area contributed by atoms with Gasteiger partial charge in [-0.05, 0) is 66.1 Å². The molecule has 0 aliphatic rings. The summed E-state index contributed by atoms with van der Waals surface area (Å²) >= 11 is 0. The lowest BCUT2D eigenvalue weighted by Crippen LogP contribution is -2.57. The van der Waals surface area contributed by atoms with Crippen molar-refractivity contribution in [2.45, 2.75) is 0 Å². The molecule has 0 unspecified atom stereocenters. The molecule has 1 heterocycles. The van der Waals surface area contributed by atoms with E-state index in [0.717, 1.165) is 0 Å². The second-order valence-corrected chi connectivity index (χ2v) is 17.4. The Morgan fingerprint density at radius 2 is 0.431 bits per heavy atom. The topological polar surface area (TPSA) is 13.1 Å². The van der Waals surface area contributed by atoms with Gasteiger partial charge in [0.1, 0.15) is 223 Å². The molecule has 264 valence electrons. The molecule has 0 atom stereocenters. The first-order valence-corrected chi connectivity index (χ1v) is 21.0. The third-order valence-corrected chi connectivity index (χ3v) is 13.8. The fourth-order valence-electron chi connectivity index (χ4n) is 9.81. The fraction of sp³-hybridized carbons (Fsp3) is 0. The summed E-state index contributed by atoms with van der Waals surface area (Å²) in [5.74, 6) is 0. The van der Waals surface area contributed by atoms with Gasteiger partial charge in [-0.25, -0.2) is 0 Å². The Bertz CT molecular complexity index is 3920. The minimum atomic E-state index is -0.219. The zero-order valence-corrected chi connectivity index (χ0v) is 38.1. The summed E-state index contributed by atoms with van der Waals surface area (Å²) in [6.07, 6.45) is 0. The number of hydrogen-bond acceptors (Lipinski definition) is 1. The van der Waals surface area contributed by atoms with Gasteiger partial charge in [0.25, 0.3) is 0 Å². The lowest BCUT2D eigenvalue weighted by Gasteiger charge is -2.33. The summed E-state index contributed by atoms with van der Waals surface area (Å²) in [4.78, 5) is 0. The van der Waals surface area contributed by atoms with Crippen LogP contribution in [0.3, 0.4) is 0 Å². The first-order valence-electron chi connectivity index (χ1n) is 21.0. The molecule has 0 saturated heterocycles. The van der Waals surface area contributed by atoms with Gasteiger partial charge in [-0.3, -0.25) is 0 Å². The van der Waals surface area contributed by atoms with Crippen LogP contribution in [0.4, 0.5) is 0 Å². The number of hydrogen-bond donors (Lipinski definition) is 0. The summed E-state index contributed by atoms with van der Waals surface area (Å²) in [5.41, 5.74) is -4.53. The highest BCUT2D eigenvalue weighted by atomic mass is 16.3. The Kier molecular flexibility index (Phi) is 13.2. The Hall–Kier alpha value is -4.17. The molecule has 0 aliphatic heterocycles. The minimum Gasteiger partial charge on any atom is -0.457 e. The molecular formula is C44HB27O. The van der Waals surface area contributed by atoms with Gasteiger partial charge in [0.15, 0.2) is 0 Å². The summed E-state index contributed by atoms with van der Waals surface area (Å²) in [6, 6.07) is 1.40. The average molecular weight is 837 g/mol. The van der Waals surface area contributed by atoms with E-state index in [-0.39, 0.29) is 235 Å². The Labute approximate surface area is 454 Å². The maximum Gasteiger partial charge on any atom is 0.128 e. The summed E-state index contributed by atoms with van der Waals surface area (Å²) in [5, 5.41) is 0.121. The molecule has 72 heavy (non-hydrogen) atoms. The van der Waals surface area contributed by atoms with Crippen molar-refractivity contribution < 1.29 is 4.42 Å². The van der Waals surface area contributed by atoms with Crippen LogP contribution in [0.2, 0.25) is 0 Å². The largest absolute Gasteiger partial charge is 0.457 e. The predicted molar refractivity (Wildman–Crippen MR) is 336 cm³/mol. The third-order valence-electron chi connectivity index (χ3n) is 13.8. The normalized spacial score (nSPS) is 11.7. The Morgan fingerprint density at radius 1 is 0.181 bits per heavy atom. The molecule has 28 heteroatoms. The van der Waals surface area contributed by atoms with E-state index in [9.17, 15) is 0 Å². The van der Waals surface area contributed by atoms with Crippen molar-refractivity contribution in [1.82, 2.24) is 0 Å². The lowest BCUT2D eigenvalue weighted by atomic mass is 9.55. The summed E-state index contributed by atoms with van der Waals surface area (Å²) < 4.78 is 6.33. The molecule has 0 bridgehead atoms. The molecule has 0 saturated carbocycles. The highest BCUT2D eigenvalue weighted by Gasteiger charge is 2.32. The van der Waals surface area contributed by atoms with E-state index in [1.54, 1.807) is 0 Å². The maximum absolute atomic E-state index is 7.15. The quantitative estimate of drug-likeness (QED) is 0.127. The first-order chi connectivity index (χ1) is 33.6. The molecule has 0 aliphatic carbocycles. The molecule has 8 aromatic carbocycles. The van der Waals surface area contributed by atoms with Crippen molar-refractivity contribution in [1.29, 1.82) is 0 Å². The van der Waals surface area contributed by atoms with Crippen LogP contribution in [0.15, 0.2) is 10.5 Å². The fourth-order valence-corrected chi connectivity index (χ4v) is 9.81. The molecule has 1 aromatic heterocycles. The van der Waals surface area contributed by atoms with Gasteiger partial charge in [0, 0.05) is 10.8 Å². The SMILES string of the molecule is [B]c1cc(-c2c([B])c([B])c(-c3c([B])c([B])c([B])c([B])c3[B])c([B])c2[B])c(-c2c3c([B])c([B])c([B])c([B])c3c(-c3c([B])c([B])c([B])c4oc5c([B])c([B])c([B])c([B])c5c34)c3c([B])c([B])c([B])c([B])c23)c([B])c1[B]. The molecule has 0 N–H and O–H groups in total. The Balaban J connectivity index is 1.60. The number of benzene rings is 8. The summed E-state index contributed by atoms with van der Waals surface area (Å²) in [6.45, 7) is 0. The highest BCUT2D eigenvalue weighted by molar-refractivity contribution is 6.76. The van der Waals surface area contributed by atoms with E-state index in [0.29, 0.717) is 0 Å². The second-order valence-electron chi connectivity index (χ2n) is 17.4. The standard InChI is InChI=1S/C44HB27O/c45-3-1-2(5-19(48)26(55)14(27(56)20(5)49)15-28(57)35(64)39(68)36(65)29(15)58)4(18(47)17(3)46)6-8-10(23(52)33(62)31(60)21(8)50)7(11-9(6)22(51)32(61)34(63)24(11)53)12-13-16-30(59)37(66)40(69)42(71)44(16)72-43(13)41(70)38(67)25(12)54/h1H. The van der Waals surface area contributed by atoms with Gasteiger partial charge in [0.05, 0.1) is 0 Å². The second kappa shape index (κ2) is 18.0. The van der Waals surface area contributed by atoms with Crippen molar-refractivity contribution in [2.24, 2.45) is 0 Å². The molecule has 54 radical (unpaired) electrons. The van der Waals surface area contributed by atoms with Crippen LogP contribution < -0.4 is 147 Å². The molecule has 9 aromatic rings. The Morgan fingerprint density at radius 3 is 0.833 bits per heavy atom. The van der Waals surface area contributed by atoms with Crippen LogP contribution in [0.25, 0.3) is 88.0 Å². The molecule has 9 rings (SSSR count). The molecule has 0 amide bonds. The minimum absolute atomic E-state index is 0.00593. The summed E-state index contributed by atoms with van der Waals surface area (Å²) in [7, 11) is 182. The molecule has 0 spiro atoms. The van der Waals surface area contributed by atoms with Gasteiger partial charge >= 0.3 is 0 Å². The van der Waals surface area contributed by atoms with E-state index in [2.05, 4.69) is 0 Å². The van der Waals surface area contributed by atoms with Gasteiger partial charge in [0.2, 0.25) is 0 Å². The lowest BCUT2D eigenvalue weighted by molar-refractivity contribution is 0.675. The van der Waals surface area contributed by atoms with Crippen molar-refractivity contribution in [3.8, 4) is 44.5 Å². The van der Waals surface area contributed by atoms with E-state index in [1.165, 1.54) is 6.07 Å². The molecule has 0 fully saturated rings. The van der Waals surface area contributed by atoms with Gasteiger partial charge < -0.3 is 4.42 Å². The van der Waals surface area contributed by atoms with Gasteiger partial charge in [-0.1, -0.05) is 88.0 Å². The smallest absolute Gasteiger partial charge is 0.128 e. The number of furan rings is 1. The monoisotopic (exact) mass is 842 g/mol. The van der Waals surface area contributed by atoms with Crippen LogP contribution in [0.1, 0.15) is 0 Å². The van der Waals surface area contributed by atoms with Crippen molar-refractivity contribution in [3.05, 3.63) is 6.07 Å². The first kappa shape index (κ1) is 52.7. The average Bonchev–Trinajstić information content (AvgIpc) is 3.75. The van der Waals surface area contributed by atoms with Gasteiger partial charge in [-0.15, -0.1) is 65.6 Å².